The van der Waals surface area contributed by atoms with E-state index >= 15 is 0 Å². The van der Waals surface area contributed by atoms with Gasteiger partial charge in [-0.25, -0.2) is 0 Å². The molecule has 1 aromatic carbocycles. The number of H-pyrrole nitrogens is 1. The summed E-state index contributed by atoms with van der Waals surface area (Å²) in [6, 6.07) is 7.86. The summed E-state index contributed by atoms with van der Waals surface area (Å²) in [6.07, 6.45) is 1.39. The summed E-state index contributed by atoms with van der Waals surface area (Å²) in [7, 11) is 0. The van der Waals surface area contributed by atoms with E-state index in [9.17, 15) is 4.79 Å². The smallest absolute Gasteiger partial charge is 0.273 e. The minimum Gasteiger partial charge on any atom is -0.377 e. The first-order chi connectivity index (χ1) is 9.31. The summed E-state index contributed by atoms with van der Waals surface area (Å²) < 4.78 is 5.40. The second kappa shape index (κ2) is 6.65. The molecule has 100 valence electrons. The molecule has 2 N–H and O–H groups in total. The fraction of sp³-hybridized carbons (Fsp3) is 0.308. The van der Waals surface area contributed by atoms with Crippen LogP contribution in [0.4, 0.5) is 0 Å². The third-order valence-electron chi connectivity index (χ3n) is 2.67. The van der Waals surface area contributed by atoms with Crippen molar-refractivity contribution in [1.82, 2.24) is 20.7 Å². The van der Waals surface area contributed by atoms with E-state index in [4.69, 9.17) is 4.74 Å². The second-order valence-corrected chi connectivity index (χ2v) is 3.94. The second-order valence-electron chi connectivity index (χ2n) is 3.94. The summed E-state index contributed by atoms with van der Waals surface area (Å²) in [5.41, 5.74) is 2.39. The Morgan fingerprint density at radius 2 is 2.16 bits per heavy atom. The highest BCUT2D eigenvalue weighted by Gasteiger charge is 2.09. The monoisotopic (exact) mass is 260 g/mol. The van der Waals surface area contributed by atoms with E-state index in [1.54, 1.807) is 0 Å². The molecule has 1 aromatic heterocycles. The van der Waals surface area contributed by atoms with Crippen LogP contribution in [0.2, 0.25) is 0 Å². The molecular formula is C13H16N4O2. The Morgan fingerprint density at radius 1 is 1.37 bits per heavy atom. The van der Waals surface area contributed by atoms with E-state index in [0.717, 1.165) is 11.1 Å². The molecule has 0 aliphatic heterocycles. The zero-order chi connectivity index (χ0) is 13.5. The molecule has 0 atom stereocenters. The Bertz CT molecular complexity index is 525. The normalized spacial score (nSPS) is 10.4. The van der Waals surface area contributed by atoms with Gasteiger partial charge in [-0.3, -0.25) is 4.79 Å². The van der Waals surface area contributed by atoms with Crippen LogP contribution in [0.25, 0.3) is 0 Å². The molecule has 0 unspecified atom stereocenters. The van der Waals surface area contributed by atoms with Gasteiger partial charge in [0.25, 0.3) is 5.91 Å². The predicted molar refractivity (Wildman–Crippen MR) is 69.3 cm³/mol. The van der Waals surface area contributed by atoms with Crippen molar-refractivity contribution in [3.8, 4) is 0 Å². The van der Waals surface area contributed by atoms with Gasteiger partial charge in [-0.2, -0.15) is 15.4 Å². The number of hydrogen-bond donors (Lipinski definition) is 2. The number of aromatic nitrogens is 3. The Hall–Kier alpha value is -2.21. The highest BCUT2D eigenvalue weighted by molar-refractivity contribution is 5.91. The minimum absolute atomic E-state index is 0.250. The van der Waals surface area contributed by atoms with Crippen LogP contribution in [-0.2, 0) is 17.9 Å². The number of aromatic amines is 1. The molecular weight excluding hydrogens is 244 g/mol. The van der Waals surface area contributed by atoms with E-state index in [1.807, 2.05) is 31.2 Å². The van der Waals surface area contributed by atoms with Crippen molar-refractivity contribution >= 4 is 5.91 Å². The highest BCUT2D eigenvalue weighted by atomic mass is 16.5. The fourth-order valence-electron chi connectivity index (χ4n) is 1.66. The van der Waals surface area contributed by atoms with Crippen LogP contribution in [0.1, 0.15) is 28.5 Å². The first-order valence-electron chi connectivity index (χ1n) is 6.09. The zero-order valence-corrected chi connectivity index (χ0v) is 10.7. The topological polar surface area (TPSA) is 79.9 Å². The standard InChI is InChI=1S/C13H16N4O2/c1-2-19-9-11-6-4-3-5-10(11)7-14-13(18)12-8-15-17-16-12/h3-6,8H,2,7,9H2,1H3,(H,14,18)(H,15,16,17). The van der Waals surface area contributed by atoms with E-state index in [2.05, 4.69) is 20.7 Å². The number of amides is 1. The quantitative estimate of drug-likeness (QED) is 0.819. The van der Waals surface area contributed by atoms with Gasteiger partial charge in [0.1, 0.15) is 0 Å². The van der Waals surface area contributed by atoms with Gasteiger partial charge in [0.2, 0.25) is 0 Å². The van der Waals surface area contributed by atoms with Crippen LogP contribution >= 0.6 is 0 Å². The molecule has 2 rings (SSSR count). The van der Waals surface area contributed by atoms with Crippen LogP contribution in [0, 0.1) is 0 Å². The maximum absolute atomic E-state index is 11.7. The van der Waals surface area contributed by atoms with Crippen molar-refractivity contribution in [2.24, 2.45) is 0 Å². The van der Waals surface area contributed by atoms with Gasteiger partial charge in [-0.05, 0) is 18.1 Å². The summed E-state index contributed by atoms with van der Waals surface area (Å²) in [5.74, 6) is -0.250. The van der Waals surface area contributed by atoms with Crippen LogP contribution < -0.4 is 5.32 Å². The molecule has 6 heteroatoms. The Balaban J connectivity index is 1.97. The van der Waals surface area contributed by atoms with Crippen LogP contribution in [-0.4, -0.2) is 27.9 Å². The van der Waals surface area contributed by atoms with Crippen LogP contribution in [0.15, 0.2) is 30.5 Å². The summed E-state index contributed by atoms with van der Waals surface area (Å²) in [4.78, 5) is 11.7. The van der Waals surface area contributed by atoms with Crippen LogP contribution in [0.5, 0.6) is 0 Å². The lowest BCUT2D eigenvalue weighted by atomic mass is 10.1. The summed E-state index contributed by atoms with van der Waals surface area (Å²) >= 11 is 0. The van der Waals surface area contributed by atoms with Crippen molar-refractivity contribution in [3.05, 3.63) is 47.3 Å². The number of nitrogens with one attached hydrogen (secondary N) is 2. The molecule has 0 saturated heterocycles. The number of hydrogen-bond acceptors (Lipinski definition) is 4. The average Bonchev–Trinajstić information content (AvgIpc) is 2.97. The zero-order valence-electron chi connectivity index (χ0n) is 10.7. The summed E-state index contributed by atoms with van der Waals surface area (Å²) in [6.45, 7) is 3.61. The Labute approximate surface area is 111 Å². The Morgan fingerprint density at radius 3 is 2.84 bits per heavy atom. The molecule has 1 amide bonds. The van der Waals surface area contributed by atoms with Crippen molar-refractivity contribution in [3.63, 3.8) is 0 Å². The van der Waals surface area contributed by atoms with Crippen molar-refractivity contribution in [2.45, 2.75) is 20.1 Å². The number of carbonyl (C=O) groups is 1. The molecule has 19 heavy (non-hydrogen) atoms. The van der Waals surface area contributed by atoms with E-state index in [0.29, 0.717) is 19.8 Å². The molecule has 0 saturated carbocycles. The molecule has 6 nitrogen and oxygen atoms in total. The SMILES string of the molecule is CCOCc1ccccc1CNC(=O)c1cn[nH]n1. The van der Waals surface area contributed by atoms with Gasteiger partial charge in [0, 0.05) is 13.2 Å². The highest BCUT2D eigenvalue weighted by Crippen LogP contribution is 2.10. The summed E-state index contributed by atoms with van der Waals surface area (Å²) in [5, 5.41) is 12.5. The molecule has 0 aliphatic carbocycles. The number of ether oxygens (including phenoxy) is 1. The largest absolute Gasteiger partial charge is 0.377 e. The van der Waals surface area contributed by atoms with E-state index in [-0.39, 0.29) is 11.6 Å². The van der Waals surface area contributed by atoms with Gasteiger partial charge in [0.05, 0.1) is 12.8 Å². The van der Waals surface area contributed by atoms with Gasteiger partial charge in [-0.15, -0.1) is 0 Å². The first kappa shape index (κ1) is 13.2. The third kappa shape index (κ3) is 3.62. The maximum Gasteiger partial charge on any atom is 0.273 e. The molecule has 0 spiro atoms. The minimum atomic E-state index is -0.250. The Kier molecular flexibility index (Phi) is 4.63. The number of carbonyl (C=O) groups excluding carboxylic acids is 1. The molecule has 1 heterocycles. The average molecular weight is 260 g/mol. The van der Waals surface area contributed by atoms with Crippen LogP contribution in [0.3, 0.4) is 0 Å². The lowest BCUT2D eigenvalue weighted by Crippen LogP contribution is -2.23. The van der Waals surface area contributed by atoms with Gasteiger partial charge in [0.15, 0.2) is 5.69 Å². The predicted octanol–water partition coefficient (Wildman–Crippen LogP) is 1.27. The molecule has 0 radical (unpaired) electrons. The first-order valence-corrected chi connectivity index (χ1v) is 6.09. The van der Waals surface area contributed by atoms with Gasteiger partial charge in [-0.1, -0.05) is 24.3 Å². The fourth-order valence-corrected chi connectivity index (χ4v) is 1.66. The maximum atomic E-state index is 11.7. The number of benzene rings is 1. The molecule has 0 bridgehead atoms. The molecule has 2 aromatic rings. The van der Waals surface area contributed by atoms with Gasteiger partial charge < -0.3 is 10.1 Å². The van der Waals surface area contributed by atoms with Crippen molar-refractivity contribution < 1.29 is 9.53 Å². The van der Waals surface area contributed by atoms with E-state index < -0.39 is 0 Å². The number of nitrogens with zero attached hydrogens (tertiary/aromatic N) is 2. The molecule has 0 fully saturated rings. The van der Waals surface area contributed by atoms with E-state index in [1.165, 1.54) is 6.20 Å². The third-order valence-corrected chi connectivity index (χ3v) is 2.67. The van der Waals surface area contributed by atoms with Gasteiger partial charge >= 0.3 is 0 Å². The number of rotatable bonds is 6. The lowest BCUT2D eigenvalue weighted by Gasteiger charge is -2.10. The van der Waals surface area contributed by atoms with Crippen molar-refractivity contribution in [1.29, 1.82) is 0 Å². The molecule has 0 aliphatic rings. The lowest BCUT2D eigenvalue weighted by molar-refractivity contribution is 0.0944. The van der Waals surface area contributed by atoms with Crippen molar-refractivity contribution in [2.75, 3.05) is 6.61 Å².